The Kier molecular flexibility index (Phi) is 3.66. The van der Waals surface area contributed by atoms with Gasteiger partial charge in [-0.25, -0.2) is 0 Å². The van der Waals surface area contributed by atoms with E-state index in [0.717, 1.165) is 24.3 Å². The second-order valence-corrected chi connectivity index (χ2v) is 5.70. The average molecular weight is 230 g/mol. The van der Waals surface area contributed by atoms with Gasteiger partial charge in [0.1, 0.15) is 0 Å². The van der Waals surface area contributed by atoms with Gasteiger partial charge < -0.3 is 0 Å². The molecular formula is C16H22O. The van der Waals surface area contributed by atoms with Crippen LogP contribution in [0.3, 0.4) is 0 Å². The van der Waals surface area contributed by atoms with Gasteiger partial charge in [-0.3, -0.25) is 4.79 Å². The standard InChI is InChI=1S/C16H22O/c1-11-5-4-6-14(9-11)16(17)15-8-7-12(2)13(3)10-15/h4-6,9,12-13,15H,7-8,10H2,1-3H3. The first-order valence-corrected chi connectivity index (χ1v) is 6.69. The maximum atomic E-state index is 12.4. The summed E-state index contributed by atoms with van der Waals surface area (Å²) in [5.74, 6) is 2.06. The van der Waals surface area contributed by atoms with Crippen molar-refractivity contribution in [1.82, 2.24) is 0 Å². The van der Waals surface area contributed by atoms with Crippen LogP contribution in [0.25, 0.3) is 0 Å². The first-order chi connectivity index (χ1) is 8.08. The highest BCUT2D eigenvalue weighted by molar-refractivity contribution is 5.98. The monoisotopic (exact) mass is 230 g/mol. The number of hydrogen-bond acceptors (Lipinski definition) is 1. The first kappa shape index (κ1) is 12.3. The van der Waals surface area contributed by atoms with Crippen molar-refractivity contribution in [2.24, 2.45) is 17.8 Å². The summed E-state index contributed by atoms with van der Waals surface area (Å²) >= 11 is 0. The van der Waals surface area contributed by atoms with E-state index in [0.29, 0.717) is 11.7 Å². The Morgan fingerprint density at radius 3 is 2.59 bits per heavy atom. The minimum atomic E-state index is 0.253. The Morgan fingerprint density at radius 1 is 1.18 bits per heavy atom. The van der Waals surface area contributed by atoms with Gasteiger partial charge in [0.15, 0.2) is 5.78 Å². The maximum absolute atomic E-state index is 12.4. The quantitative estimate of drug-likeness (QED) is 0.694. The smallest absolute Gasteiger partial charge is 0.165 e. The number of Topliss-reactive ketones (excluding diaryl/α,β-unsaturated/α-hetero) is 1. The zero-order valence-electron chi connectivity index (χ0n) is 11.1. The van der Waals surface area contributed by atoms with Crippen molar-refractivity contribution < 1.29 is 4.79 Å². The Hall–Kier alpha value is -1.11. The van der Waals surface area contributed by atoms with E-state index in [1.807, 2.05) is 31.2 Å². The molecule has 3 unspecified atom stereocenters. The highest BCUT2D eigenvalue weighted by Gasteiger charge is 2.29. The fourth-order valence-corrected chi connectivity index (χ4v) is 2.82. The molecule has 1 aliphatic rings. The normalized spacial score (nSPS) is 29.0. The molecule has 1 heteroatoms. The second kappa shape index (κ2) is 5.03. The molecule has 2 rings (SSSR count). The molecule has 1 saturated carbocycles. The lowest BCUT2D eigenvalue weighted by Gasteiger charge is -2.31. The highest BCUT2D eigenvalue weighted by Crippen LogP contribution is 2.35. The molecule has 0 aliphatic heterocycles. The summed E-state index contributed by atoms with van der Waals surface area (Å²) in [4.78, 5) is 12.4. The van der Waals surface area contributed by atoms with E-state index in [1.54, 1.807) is 0 Å². The molecule has 1 aliphatic carbocycles. The summed E-state index contributed by atoms with van der Waals surface area (Å²) in [6.45, 7) is 6.63. The zero-order chi connectivity index (χ0) is 12.4. The molecule has 0 amide bonds. The molecule has 92 valence electrons. The molecule has 0 bridgehead atoms. The number of carbonyl (C=O) groups excluding carboxylic acids is 1. The number of aryl methyl sites for hydroxylation is 1. The van der Waals surface area contributed by atoms with E-state index >= 15 is 0 Å². The third-order valence-electron chi connectivity index (χ3n) is 4.27. The topological polar surface area (TPSA) is 17.1 Å². The van der Waals surface area contributed by atoms with Crippen LogP contribution in [0, 0.1) is 24.7 Å². The Labute approximate surface area is 104 Å². The largest absolute Gasteiger partial charge is 0.294 e. The SMILES string of the molecule is Cc1cccc(C(=O)C2CCC(C)C(C)C2)c1. The summed E-state index contributed by atoms with van der Waals surface area (Å²) in [6, 6.07) is 8.00. The lowest BCUT2D eigenvalue weighted by atomic mass is 9.73. The molecule has 0 radical (unpaired) electrons. The van der Waals surface area contributed by atoms with Gasteiger partial charge in [0.25, 0.3) is 0 Å². The second-order valence-electron chi connectivity index (χ2n) is 5.70. The molecule has 1 nitrogen and oxygen atoms in total. The molecule has 1 aromatic rings. The molecule has 0 saturated heterocycles. The van der Waals surface area contributed by atoms with E-state index in [2.05, 4.69) is 13.8 Å². The predicted molar refractivity (Wildman–Crippen MR) is 71.2 cm³/mol. The lowest BCUT2D eigenvalue weighted by molar-refractivity contribution is 0.0837. The van der Waals surface area contributed by atoms with Crippen molar-refractivity contribution in [2.75, 3.05) is 0 Å². The molecule has 0 aromatic heterocycles. The first-order valence-electron chi connectivity index (χ1n) is 6.69. The minimum absolute atomic E-state index is 0.253. The molecule has 0 spiro atoms. The number of hydrogen-bond donors (Lipinski definition) is 0. The molecule has 17 heavy (non-hydrogen) atoms. The van der Waals surface area contributed by atoms with Crippen LogP contribution in [0.1, 0.15) is 49.0 Å². The lowest BCUT2D eigenvalue weighted by Crippen LogP contribution is -2.26. The van der Waals surface area contributed by atoms with Gasteiger partial charge >= 0.3 is 0 Å². The number of rotatable bonds is 2. The van der Waals surface area contributed by atoms with Crippen LogP contribution in [0.4, 0.5) is 0 Å². The van der Waals surface area contributed by atoms with Crippen molar-refractivity contribution in [3.63, 3.8) is 0 Å². The van der Waals surface area contributed by atoms with Crippen molar-refractivity contribution in [3.05, 3.63) is 35.4 Å². The van der Waals surface area contributed by atoms with E-state index < -0.39 is 0 Å². The van der Waals surface area contributed by atoms with E-state index in [9.17, 15) is 4.79 Å². The van der Waals surface area contributed by atoms with Crippen molar-refractivity contribution in [1.29, 1.82) is 0 Å². The Bertz CT molecular complexity index is 408. The van der Waals surface area contributed by atoms with Crippen molar-refractivity contribution in [2.45, 2.75) is 40.0 Å². The van der Waals surface area contributed by atoms with E-state index in [1.165, 1.54) is 12.0 Å². The Balaban J connectivity index is 2.10. The number of ketones is 1. The number of benzene rings is 1. The van der Waals surface area contributed by atoms with Crippen LogP contribution in [0.15, 0.2) is 24.3 Å². The molecule has 3 atom stereocenters. The summed E-state index contributed by atoms with van der Waals surface area (Å²) < 4.78 is 0. The average Bonchev–Trinajstić information content (AvgIpc) is 2.32. The molecule has 0 heterocycles. The van der Waals surface area contributed by atoms with Crippen LogP contribution in [0.2, 0.25) is 0 Å². The summed E-state index contributed by atoms with van der Waals surface area (Å²) in [6.07, 6.45) is 3.33. The fraction of sp³-hybridized carbons (Fsp3) is 0.562. The van der Waals surface area contributed by atoms with E-state index in [4.69, 9.17) is 0 Å². The third kappa shape index (κ3) is 2.77. The molecule has 1 aromatic carbocycles. The van der Waals surface area contributed by atoms with Gasteiger partial charge in [0.2, 0.25) is 0 Å². The minimum Gasteiger partial charge on any atom is -0.294 e. The van der Waals surface area contributed by atoms with Gasteiger partial charge in [-0.05, 0) is 44.1 Å². The van der Waals surface area contributed by atoms with Crippen LogP contribution in [-0.4, -0.2) is 5.78 Å². The van der Waals surface area contributed by atoms with E-state index in [-0.39, 0.29) is 5.92 Å². The summed E-state index contributed by atoms with van der Waals surface area (Å²) in [5, 5.41) is 0. The number of carbonyl (C=O) groups is 1. The van der Waals surface area contributed by atoms with Crippen LogP contribution >= 0.6 is 0 Å². The zero-order valence-corrected chi connectivity index (χ0v) is 11.1. The van der Waals surface area contributed by atoms with Crippen LogP contribution in [0.5, 0.6) is 0 Å². The fourth-order valence-electron chi connectivity index (χ4n) is 2.82. The van der Waals surface area contributed by atoms with Crippen molar-refractivity contribution >= 4 is 5.78 Å². The summed E-state index contributed by atoms with van der Waals surface area (Å²) in [5.41, 5.74) is 2.07. The third-order valence-corrected chi connectivity index (χ3v) is 4.27. The van der Waals surface area contributed by atoms with Crippen molar-refractivity contribution in [3.8, 4) is 0 Å². The van der Waals surface area contributed by atoms with Gasteiger partial charge in [-0.2, -0.15) is 0 Å². The predicted octanol–water partition coefficient (Wildman–Crippen LogP) is 4.25. The van der Waals surface area contributed by atoms with Crippen LogP contribution < -0.4 is 0 Å². The highest BCUT2D eigenvalue weighted by atomic mass is 16.1. The van der Waals surface area contributed by atoms with Gasteiger partial charge in [-0.15, -0.1) is 0 Å². The van der Waals surface area contributed by atoms with Gasteiger partial charge in [0.05, 0.1) is 0 Å². The van der Waals surface area contributed by atoms with Gasteiger partial charge in [-0.1, -0.05) is 37.6 Å². The molecule has 0 N–H and O–H groups in total. The molecular weight excluding hydrogens is 208 g/mol. The van der Waals surface area contributed by atoms with Crippen LogP contribution in [-0.2, 0) is 0 Å². The maximum Gasteiger partial charge on any atom is 0.165 e. The summed E-state index contributed by atoms with van der Waals surface area (Å²) in [7, 11) is 0. The Morgan fingerprint density at radius 2 is 1.94 bits per heavy atom. The molecule has 1 fully saturated rings. The van der Waals surface area contributed by atoms with Gasteiger partial charge in [0, 0.05) is 11.5 Å².